The summed E-state index contributed by atoms with van der Waals surface area (Å²) in [5, 5.41) is 13.3. The van der Waals surface area contributed by atoms with E-state index in [-0.39, 0.29) is 24.7 Å². The van der Waals surface area contributed by atoms with E-state index in [1.807, 2.05) is 0 Å². The van der Waals surface area contributed by atoms with Crippen molar-refractivity contribution in [3.8, 4) is 0 Å². The van der Waals surface area contributed by atoms with Crippen LogP contribution in [0.3, 0.4) is 0 Å². The number of rotatable bonds is 3. The molecule has 0 aromatic carbocycles. The Bertz CT molecular complexity index is 809. The average Bonchev–Trinajstić information content (AvgIpc) is 3.03. The molecule has 116 valence electrons. The lowest BCUT2D eigenvalue weighted by atomic mass is 9.90. The zero-order valence-electron chi connectivity index (χ0n) is 12.1. The van der Waals surface area contributed by atoms with Gasteiger partial charge in [-0.25, -0.2) is 9.48 Å². The molecule has 0 bridgehead atoms. The zero-order chi connectivity index (χ0) is 15.9. The highest BCUT2D eigenvalue weighted by Crippen LogP contribution is 2.30. The maximum Gasteiger partial charge on any atom is 0.350 e. The molecular weight excluding hydrogens is 288 g/mol. The second kappa shape index (κ2) is 4.97. The van der Waals surface area contributed by atoms with Crippen LogP contribution < -0.4 is 5.69 Å². The van der Waals surface area contributed by atoms with Crippen molar-refractivity contribution in [1.82, 2.24) is 19.1 Å². The third kappa shape index (κ3) is 2.26. The number of aromatic nitrogens is 3. The summed E-state index contributed by atoms with van der Waals surface area (Å²) >= 11 is 0. The van der Waals surface area contributed by atoms with E-state index in [2.05, 4.69) is 5.10 Å². The van der Waals surface area contributed by atoms with Gasteiger partial charge in [-0.05, 0) is 25.5 Å². The van der Waals surface area contributed by atoms with Gasteiger partial charge >= 0.3 is 11.7 Å². The molecule has 1 aliphatic rings. The van der Waals surface area contributed by atoms with Crippen molar-refractivity contribution in [3.63, 3.8) is 0 Å². The van der Waals surface area contributed by atoms with Gasteiger partial charge < -0.3 is 10.0 Å². The van der Waals surface area contributed by atoms with Crippen LogP contribution in [-0.2, 0) is 16.1 Å². The Morgan fingerprint density at radius 2 is 2.18 bits per heavy atom. The first-order valence-electron chi connectivity index (χ1n) is 6.96. The summed E-state index contributed by atoms with van der Waals surface area (Å²) in [7, 11) is 0. The smallest absolute Gasteiger partial charge is 0.350 e. The molecule has 2 aromatic rings. The van der Waals surface area contributed by atoms with E-state index in [4.69, 9.17) is 0 Å². The highest BCUT2D eigenvalue weighted by Gasteiger charge is 2.42. The van der Waals surface area contributed by atoms with Crippen molar-refractivity contribution in [1.29, 1.82) is 0 Å². The molecule has 0 radical (unpaired) electrons. The minimum absolute atomic E-state index is 0.156. The van der Waals surface area contributed by atoms with Gasteiger partial charge in [0, 0.05) is 19.3 Å². The second-order valence-electron chi connectivity index (χ2n) is 5.80. The topological polar surface area (TPSA) is 96.9 Å². The first-order valence-corrected chi connectivity index (χ1v) is 6.96. The van der Waals surface area contributed by atoms with E-state index < -0.39 is 11.4 Å². The van der Waals surface area contributed by atoms with Gasteiger partial charge in [0.15, 0.2) is 5.65 Å². The summed E-state index contributed by atoms with van der Waals surface area (Å²) < 4.78 is 2.47. The lowest BCUT2D eigenvalue weighted by Crippen LogP contribution is -2.38. The fraction of sp³-hybridized carbons (Fsp3) is 0.429. The first-order chi connectivity index (χ1) is 10.4. The fourth-order valence-electron chi connectivity index (χ4n) is 2.65. The van der Waals surface area contributed by atoms with Crippen LogP contribution in [0.5, 0.6) is 0 Å². The number of carboxylic acid groups (broad SMARTS) is 1. The van der Waals surface area contributed by atoms with Crippen molar-refractivity contribution in [2.75, 3.05) is 13.1 Å². The maximum absolute atomic E-state index is 12.3. The SMILES string of the molecule is C[C@@]1(C(=O)O)CCN(C(=O)Cn2nc3ccccn3c2=O)C1. The Morgan fingerprint density at radius 3 is 2.82 bits per heavy atom. The molecule has 8 heteroatoms. The van der Waals surface area contributed by atoms with Gasteiger partial charge in [0.25, 0.3) is 0 Å². The number of likely N-dealkylation sites (tertiary alicyclic amines) is 1. The van der Waals surface area contributed by atoms with Crippen LogP contribution in [0.2, 0.25) is 0 Å². The molecule has 1 fully saturated rings. The van der Waals surface area contributed by atoms with Gasteiger partial charge in [-0.2, -0.15) is 0 Å². The quantitative estimate of drug-likeness (QED) is 0.848. The molecular formula is C14H16N4O4. The maximum atomic E-state index is 12.3. The van der Waals surface area contributed by atoms with E-state index in [1.54, 1.807) is 31.3 Å². The van der Waals surface area contributed by atoms with E-state index in [0.717, 1.165) is 4.68 Å². The number of hydrogen-bond donors (Lipinski definition) is 1. The monoisotopic (exact) mass is 304 g/mol. The molecule has 0 spiro atoms. The molecule has 1 N–H and O–H groups in total. The van der Waals surface area contributed by atoms with Crippen LogP contribution in [-0.4, -0.2) is 49.2 Å². The average molecular weight is 304 g/mol. The van der Waals surface area contributed by atoms with Crippen LogP contribution in [0.4, 0.5) is 0 Å². The molecule has 1 aliphatic heterocycles. The molecule has 8 nitrogen and oxygen atoms in total. The van der Waals surface area contributed by atoms with E-state index >= 15 is 0 Å². The number of carboxylic acids is 1. The normalized spacial score (nSPS) is 21.4. The van der Waals surface area contributed by atoms with Crippen LogP contribution in [0.15, 0.2) is 29.2 Å². The van der Waals surface area contributed by atoms with Crippen LogP contribution >= 0.6 is 0 Å². The van der Waals surface area contributed by atoms with Gasteiger partial charge in [0.05, 0.1) is 5.41 Å². The predicted octanol–water partition coefficient (Wildman–Crippen LogP) is -0.181. The summed E-state index contributed by atoms with van der Waals surface area (Å²) in [6.45, 7) is 1.98. The van der Waals surface area contributed by atoms with Crippen LogP contribution in [0.1, 0.15) is 13.3 Å². The standard InChI is InChI=1S/C14H16N4O4/c1-14(12(20)21)5-7-16(9-14)11(19)8-18-13(22)17-6-3-2-4-10(17)15-18/h2-4,6H,5,7-9H2,1H3,(H,20,21)/t14-/m1/s1. The van der Waals surface area contributed by atoms with Gasteiger partial charge in [0.2, 0.25) is 5.91 Å². The Labute approximate surface area is 125 Å². The Kier molecular flexibility index (Phi) is 3.23. The number of aliphatic carboxylic acids is 1. The number of pyridine rings is 1. The highest BCUT2D eigenvalue weighted by atomic mass is 16.4. The minimum atomic E-state index is -0.917. The van der Waals surface area contributed by atoms with Crippen molar-refractivity contribution in [3.05, 3.63) is 34.9 Å². The van der Waals surface area contributed by atoms with E-state index in [0.29, 0.717) is 18.6 Å². The third-order valence-corrected chi connectivity index (χ3v) is 4.12. The number of amides is 1. The van der Waals surface area contributed by atoms with Crippen LogP contribution in [0.25, 0.3) is 5.65 Å². The summed E-state index contributed by atoms with van der Waals surface area (Å²) in [4.78, 5) is 37.1. The summed E-state index contributed by atoms with van der Waals surface area (Å²) in [6, 6.07) is 5.15. The fourth-order valence-corrected chi connectivity index (χ4v) is 2.65. The van der Waals surface area contributed by atoms with Crippen molar-refractivity contribution >= 4 is 17.5 Å². The Balaban J connectivity index is 1.78. The molecule has 3 heterocycles. The molecule has 0 aliphatic carbocycles. The molecule has 22 heavy (non-hydrogen) atoms. The van der Waals surface area contributed by atoms with Crippen molar-refractivity contribution in [2.45, 2.75) is 19.9 Å². The van der Waals surface area contributed by atoms with Crippen molar-refractivity contribution in [2.24, 2.45) is 5.41 Å². The lowest BCUT2D eigenvalue weighted by molar-refractivity contribution is -0.147. The van der Waals surface area contributed by atoms with Crippen molar-refractivity contribution < 1.29 is 14.7 Å². The van der Waals surface area contributed by atoms with Gasteiger partial charge in [-0.3, -0.25) is 14.0 Å². The number of nitrogens with zero attached hydrogens (tertiary/aromatic N) is 4. The molecule has 1 saturated heterocycles. The second-order valence-corrected chi connectivity index (χ2v) is 5.80. The zero-order valence-corrected chi connectivity index (χ0v) is 12.1. The molecule has 0 unspecified atom stereocenters. The molecule has 0 saturated carbocycles. The molecule has 2 aromatic heterocycles. The summed E-state index contributed by atoms with van der Waals surface area (Å²) in [5.74, 6) is -1.21. The lowest BCUT2D eigenvalue weighted by Gasteiger charge is -2.19. The highest BCUT2D eigenvalue weighted by molar-refractivity contribution is 5.80. The number of carbonyl (C=O) groups excluding carboxylic acids is 1. The number of fused-ring (bicyclic) bond motifs is 1. The molecule has 1 amide bonds. The molecule has 3 rings (SSSR count). The van der Waals surface area contributed by atoms with Gasteiger partial charge in [-0.1, -0.05) is 6.07 Å². The predicted molar refractivity (Wildman–Crippen MR) is 76.4 cm³/mol. The van der Waals surface area contributed by atoms with E-state index in [1.165, 1.54) is 9.30 Å². The Morgan fingerprint density at radius 1 is 1.41 bits per heavy atom. The Hall–Kier alpha value is -2.64. The minimum Gasteiger partial charge on any atom is -0.481 e. The first kappa shape index (κ1) is 14.3. The number of carbonyl (C=O) groups is 2. The van der Waals surface area contributed by atoms with E-state index in [9.17, 15) is 19.5 Å². The third-order valence-electron chi connectivity index (χ3n) is 4.12. The van der Waals surface area contributed by atoms with Gasteiger partial charge in [0.1, 0.15) is 6.54 Å². The summed E-state index contributed by atoms with van der Waals surface area (Å²) in [5.41, 5.74) is -0.833. The molecule has 1 atom stereocenters. The summed E-state index contributed by atoms with van der Waals surface area (Å²) in [6.07, 6.45) is 2.00. The largest absolute Gasteiger partial charge is 0.481 e. The van der Waals surface area contributed by atoms with Crippen LogP contribution in [0, 0.1) is 5.41 Å². The van der Waals surface area contributed by atoms with Gasteiger partial charge in [-0.15, -0.1) is 5.10 Å². The number of hydrogen-bond acceptors (Lipinski definition) is 4.